The number of hydrogen-bond donors (Lipinski definition) is 2. The minimum Gasteiger partial charge on any atom is -0.394 e. The highest BCUT2D eigenvalue weighted by Gasteiger charge is 2.23. The summed E-state index contributed by atoms with van der Waals surface area (Å²) in [6, 6.07) is 1.98. The van der Waals surface area contributed by atoms with E-state index in [0.29, 0.717) is 0 Å². The van der Waals surface area contributed by atoms with Crippen molar-refractivity contribution in [2.45, 2.75) is 32.2 Å². The number of nitrogens with zero attached hydrogens (tertiary/aromatic N) is 1. The Morgan fingerprint density at radius 2 is 2.00 bits per heavy atom. The van der Waals surface area contributed by atoms with E-state index in [1.54, 1.807) is 0 Å². The summed E-state index contributed by atoms with van der Waals surface area (Å²) in [5.74, 6) is 0. The van der Waals surface area contributed by atoms with E-state index in [1.807, 2.05) is 19.9 Å². The Labute approximate surface area is 61.3 Å². The van der Waals surface area contributed by atoms with Crippen molar-refractivity contribution in [1.29, 1.82) is 5.41 Å². The average molecular weight is 142 g/mol. The zero-order chi connectivity index (χ0) is 8.04. The van der Waals surface area contributed by atoms with E-state index in [2.05, 4.69) is 4.99 Å². The molecule has 0 aromatic rings. The molecule has 10 heavy (non-hydrogen) atoms. The van der Waals surface area contributed by atoms with Crippen molar-refractivity contribution in [2.24, 2.45) is 4.99 Å². The van der Waals surface area contributed by atoms with Crippen LogP contribution < -0.4 is 0 Å². The van der Waals surface area contributed by atoms with E-state index < -0.39 is 5.54 Å². The van der Waals surface area contributed by atoms with Crippen LogP contribution in [0.1, 0.15) is 26.7 Å². The fourth-order valence-electron chi connectivity index (χ4n) is 0.786. The molecule has 0 bridgehead atoms. The van der Waals surface area contributed by atoms with Gasteiger partial charge in [-0.25, -0.2) is 10.4 Å². The van der Waals surface area contributed by atoms with Crippen LogP contribution in [0.25, 0.3) is 0 Å². The third-order valence-electron chi connectivity index (χ3n) is 1.90. The van der Waals surface area contributed by atoms with Gasteiger partial charge in [0.2, 0.25) is 0 Å². The van der Waals surface area contributed by atoms with Crippen LogP contribution in [0, 0.1) is 5.41 Å². The molecule has 0 aliphatic heterocycles. The molecule has 0 saturated carbocycles. The molecule has 0 atom stereocenters. The van der Waals surface area contributed by atoms with Crippen LogP contribution in [0.2, 0.25) is 0 Å². The fourth-order valence-corrected chi connectivity index (χ4v) is 0.786. The molecule has 0 saturated heterocycles. The van der Waals surface area contributed by atoms with Crippen molar-refractivity contribution >= 4 is 6.01 Å². The van der Waals surface area contributed by atoms with Gasteiger partial charge < -0.3 is 5.11 Å². The molecule has 0 aliphatic carbocycles. The molecule has 0 aliphatic rings. The molecule has 3 nitrogen and oxygen atoms in total. The number of aliphatic imine (C=N–C) groups is 1. The normalized spacial score (nSPS) is 10.7. The maximum atomic E-state index is 8.89. The molecule has 0 fully saturated rings. The second kappa shape index (κ2) is 4.20. The molecule has 0 heterocycles. The van der Waals surface area contributed by atoms with E-state index in [9.17, 15) is 0 Å². The van der Waals surface area contributed by atoms with Crippen LogP contribution >= 0.6 is 0 Å². The Bertz CT molecular complexity index is 126. The summed E-state index contributed by atoms with van der Waals surface area (Å²) in [6.45, 7) is 3.90. The zero-order valence-corrected chi connectivity index (χ0v) is 6.52. The number of hydrogen-bond acceptors (Lipinski definition) is 3. The highest BCUT2D eigenvalue weighted by Crippen LogP contribution is 2.18. The van der Waals surface area contributed by atoms with E-state index in [0.717, 1.165) is 12.8 Å². The third kappa shape index (κ3) is 1.94. The molecular weight excluding hydrogens is 128 g/mol. The lowest BCUT2D eigenvalue weighted by molar-refractivity contribution is 0.189. The number of aliphatic hydroxyl groups is 1. The maximum absolute atomic E-state index is 8.89. The SMILES string of the molecule is CCC(CC)(CO)N=C=N. The lowest BCUT2D eigenvalue weighted by atomic mass is 9.95. The van der Waals surface area contributed by atoms with Crippen LogP contribution in [0.3, 0.4) is 0 Å². The van der Waals surface area contributed by atoms with Gasteiger partial charge >= 0.3 is 0 Å². The van der Waals surface area contributed by atoms with Crippen molar-refractivity contribution in [1.82, 2.24) is 0 Å². The van der Waals surface area contributed by atoms with Gasteiger partial charge in [0.25, 0.3) is 0 Å². The summed E-state index contributed by atoms with van der Waals surface area (Å²) in [7, 11) is 0. The van der Waals surface area contributed by atoms with Gasteiger partial charge in [0, 0.05) is 0 Å². The molecular formula is C7H14N2O. The zero-order valence-electron chi connectivity index (χ0n) is 6.52. The molecule has 0 aromatic heterocycles. The average Bonchev–Trinajstić information content (AvgIpc) is 2.01. The third-order valence-corrected chi connectivity index (χ3v) is 1.90. The van der Waals surface area contributed by atoms with Gasteiger partial charge in [0.05, 0.1) is 18.2 Å². The van der Waals surface area contributed by atoms with Gasteiger partial charge in [-0.15, -0.1) is 0 Å². The highest BCUT2D eigenvalue weighted by atomic mass is 16.3. The van der Waals surface area contributed by atoms with Crippen molar-refractivity contribution in [2.75, 3.05) is 6.61 Å². The van der Waals surface area contributed by atoms with Crippen LogP contribution in [0.4, 0.5) is 0 Å². The van der Waals surface area contributed by atoms with E-state index in [-0.39, 0.29) is 6.61 Å². The van der Waals surface area contributed by atoms with Crippen LogP contribution in [0.15, 0.2) is 4.99 Å². The van der Waals surface area contributed by atoms with E-state index >= 15 is 0 Å². The smallest absolute Gasteiger partial charge is 0.0941 e. The summed E-state index contributed by atoms with van der Waals surface area (Å²) in [5.41, 5.74) is -0.443. The molecule has 0 rings (SSSR count). The van der Waals surface area contributed by atoms with Gasteiger partial charge in [-0.2, -0.15) is 0 Å². The predicted octanol–water partition coefficient (Wildman–Crippen LogP) is 1.29. The van der Waals surface area contributed by atoms with Gasteiger partial charge in [0.15, 0.2) is 0 Å². The minimum absolute atomic E-state index is 0.00583. The molecule has 0 unspecified atom stereocenters. The van der Waals surface area contributed by atoms with Gasteiger partial charge in [-0.1, -0.05) is 13.8 Å². The second-order valence-corrected chi connectivity index (χ2v) is 2.31. The largest absolute Gasteiger partial charge is 0.394 e. The Morgan fingerprint density at radius 3 is 2.10 bits per heavy atom. The first-order valence-electron chi connectivity index (χ1n) is 3.49. The Balaban J connectivity index is 4.29. The number of rotatable bonds is 4. The van der Waals surface area contributed by atoms with Crippen molar-refractivity contribution in [3.8, 4) is 0 Å². The first-order valence-corrected chi connectivity index (χ1v) is 3.49. The first-order chi connectivity index (χ1) is 4.74. The lowest BCUT2D eigenvalue weighted by Crippen LogP contribution is -2.28. The predicted molar refractivity (Wildman–Crippen MR) is 40.6 cm³/mol. The summed E-state index contributed by atoms with van der Waals surface area (Å²) in [6.07, 6.45) is 1.51. The molecule has 3 heteroatoms. The van der Waals surface area contributed by atoms with E-state index in [1.165, 1.54) is 0 Å². The van der Waals surface area contributed by atoms with Crippen LogP contribution in [-0.4, -0.2) is 23.3 Å². The summed E-state index contributed by atoms with van der Waals surface area (Å²) < 4.78 is 0. The quantitative estimate of drug-likeness (QED) is 0.571. The second-order valence-electron chi connectivity index (χ2n) is 2.31. The summed E-state index contributed by atoms with van der Waals surface area (Å²) >= 11 is 0. The topological polar surface area (TPSA) is 56.4 Å². The van der Waals surface area contributed by atoms with Crippen LogP contribution in [-0.2, 0) is 0 Å². The Hall–Kier alpha value is -0.660. The summed E-state index contributed by atoms with van der Waals surface area (Å²) in [5, 5.41) is 15.5. The van der Waals surface area contributed by atoms with Crippen molar-refractivity contribution in [3.05, 3.63) is 0 Å². The minimum atomic E-state index is -0.443. The Morgan fingerprint density at radius 1 is 1.50 bits per heavy atom. The summed E-state index contributed by atoms with van der Waals surface area (Å²) in [4.78, 5) is 3.78. The Kier molecular flexibility index (Phi) is 3.93. The molecule has 0 spiro atoms. The van der Waals surface area contributed by atoms with Gasteiger partial charge in [0.1, 0.15) is 0 Å². The van der Waals surface area contributed by atoms with Gasteiger partial charge in [-0.05, 0) is 12.8 Å². The molecule has 2 N–H and O–H groups in total. The molecule has 0 amide bonds. The molecule has 58 valence electrons. The van der Waals surface area contributed by atoms with Gasteiger partial charge in [-0.3, -0.25) is 0 Å². The standard InChI is InChI=1S/C7H14N2O/c1-3-7(4-2,5-10)9-6-8/h8,10H,3-5H2,1-2H3. The molecule has 0 radical (unpaired) electrons. The van der Waals surface area contributed by atoms with Crippen LogP contribution in [0.5, 0.6) is 0 Å². The number of nitrogens with one attached hydrogen (secondary N) is 1. The number of aliphatic hydroxyl groups excluding tert-OH is 1. The lowest BCUT2D eigenvalue weighted by Gasteiger charge is -2.21. The monoisotopic (exact) mass is 142 g/mol. The van der Waals surface area contributed by atoms with Crippen molar-refractivity contribution in [3.63, 3.8) is 0 Å². The first kappa shape index (κ1) is 9.34. The van der Waals surface area contributed by atoms with E-state index in [4.69, 9.17) is 10.5 Å². The highest BCUT2D eigenvalue weighted by molar-refractivity contribution is 5.37. The maximum Gasteiger partial charge on any atom is 0.0941 e. The van der Waals surface area contributed by atoms with Crippen molar-refractivity contribution < 1.29 is 5.11 Å². The molecule has 0 aromatic carbocycles. The fraction of sp³-hybridized carbons (Fsp3) is 0.857.